The molecule has 0 spiro atoms. The first-order chi connectivity index (χ1) is 9.35. The zero-order chi connectivity index (χ0) is 14.2. The fraction of sp³-hybridized carbons (Fsp3) is 0.875. The minimum atomic E-state index is 0.603. The van der Waals surface area contributed by atoms with Crippen molar-refractivity contribution in [2.75, 3.05) is 33.5 Å². The highest BCUT2D eigenvalue weighted by Gasteiger charge is 2.07. The summed E-state index contributed by atoms with van der Waals surface area (Å²) in [6.07, 6.45) is 10.6. The molecule has 0 aliphatic heterocycles. The summed E-state index contributed by atoms with van der Waals surface area (Å²) in [5, 5.41) is 3.62. The highest BCUT2D eigenvalue weighted by atomic mass is 16.5. The Morgan fingerprint density at radius 3 is 2.63 bits per heavy atom. The van der Waals surface area contributed by atoms with Crippen molar-refractivity contribution in [3.63, 3.8) is 0 Å². The van der Waals surface area contributed by atoms with Crippen LogP contribution in [0.3, 0.4) is 0 Å². The van der Waals surface area contributed by atoms with Crippen LogP contribution in [-0.2, 0) is 9.47 Å². The second-order valence-corrected chi connectivity index (χ2v) is 4.97. The van der Waals surface area contributed by atoms with Gasteiger partial charge in [0.2, 0.25) is 0 Å². The molecule has 3 heteroatoms. The maximum absolute atomic E-state index is 5.55. The summed E-state index contributed by atoms with van der Waals surface area (Å²) in [4.78, 5) is 0. The summed E-state index contributed by atoms with van der Waals surface area (Å²) in [7, 11) is 1.71. The summed E-state index contributed by atoms with van der Waals surface area (Å²) < 4.78 is 10.5. The van der Waals surface area contributed by atoms with Crippen molar-refractivity contribution in [2.45, 2.75) is 57.9 Å². The first-order valence-corrected chi connectivity index (χ1v) is 7.76. The van der Waals surface area contributed by atoms with Crippen LogP contribution in [0.15, 0.2) is 12.7 Å². The first kappa shape index (κ1) is 18.6. The Morgan fingerprint density at radius 2 is 1.95 bits per heavy atom. The maximum Gasteiger partial charge on any atom is 0.0700 e. The van der Waals surface area contributed by atoms with Gasteiger partial charge in [-0.15, -0.1) is 6.58 Å². The topological polar surface area (TPSA) is 30.5 Å². The standard InChI is InChI=1S/C16H33NO2/c1-4-6-7-8-9-10-16(17-12-5-2)11-13-19-15-14-18-3/h4,16-17H,1,5-15H2,2-3H3. The summed E-state index contributed by atoms with van der Waals surface area (Å²) >= 11 is 0. The molecule has 0 fully saturated rings. The van der Waals surface area contributed by atoms with Gasteiger partial charge in [-0.05, 0) is 38.6 Å². The average Bonchev–Trinajstić information content (AvgIpc) is 2.43. The molecule has 0 saturated carbocycles. The van der Waals surface area contributed by atoms with E-state index in [2.05, 4.69) is 18.8 Å². The van der Waals surface area contributed by atoms with Crippen molar-refractivity contribution in [2.24, 2.45) is 0 Å². The molecule has 0 bridgehead atoms. The van der Waals surface area contributed by atoms with E-state index in [0.29, 0.717) is 19.3 Å². The fourth-order valence-electron chi connectivity index (χ4n) is 2.02. The highest BCUT2D eigenvalue weighted by molar-refractivity contribution is 4.69. The van der Waals surface area contributed by atoms with Crippen LogP contribution in [0.25, 0.3) is 0 Å². The monoisotopic (exact) mass is 271 g/mol. The van der Waals surface area contributed by atoms with Gasteiger partial charge in [-0.3, -0.25) is 0 Å². The molecule has 19 heavy (non-hydrogen) atoms. The first-order valence-electron chi connectivity index (χ1n) is 7.76. The average molecular weight is 271 g/mol. The Morgan fingerprint density at radius 1 is 1.11 bits per heavy atom. The van der Waals surface area contributed by atoms with Crippen LogP contribution in [0.1, 0.15) is 51.9 Å². The lowest BCUT2D eigenvalue weighted by Gasteiger charge is -2.18. The molecular weight excluding hydrogens is 238 g/mol. The Balaban J connectivity index is 3.59. The van der Waals surface area contributed by atoms with Crippen molar-refractivity contribution in [3.05, 3.63) is 12.7 Å². The molecule has 0 rings (SSSR count). The van der Waals surface area contributed by atoms with E-state index in [1.807, 2.05) is 6.08 Å². The number of unbranched alkanes of at least 4 members (excludes halogenated alkanes) is 3. The quantitative estimate of drug-likeness (QED) is 0.365. The summed E-state index contributed by atoms with van der Waals surface area (Å²) in [5.41, 5.74) is 0. The number of methoxy groups -OCH3 is 1. The van der Waals surface area contributed by atoms with E-state index < -0.39 is 0 Å². The van der Waals surface area contributed by atoms with Crippen LogP contribution < -0.4 is 5.32 Å². The third-order valence-electron chi connectivity index (χ3n) is 3.19. The second kappa shape index (κ2) is 15.7. The number of nitrogens with one attached hydrogen (secondary N) is 1. The van der Waals surface area contributed by atoms with Crippen molar-refractivity contribution in [1.29, 1.82) is 0 Å². The summed E-state index contributed by atoms with van der Waals surface area (Å²) in [5.74, 6) is 0. The SMILES string of the molecule is C=CCCCCCC(CCOCCOC)NCCC. The number of hydrogen-bond donors (Lipinski definition) is 1. The lowest BCUT2D eigenvalue weighted by atomic mass is 10.0. The molecule has 1 atom stereocenters. The third-order valence-corrected chi connectivity index (χ3v) is 3.19. The van der Waals surface area contributed by atoms with Crippen LogP contribution in [0.2, 0.25) is 0 Å². The maximum atomic E-state index is 5.55. The fourth-order valence-corrected chi connectivity index (χ4v) is 2.02. The number of allylic oxidation sites excluding steroid dienone is 1. The van der Waals surface area contributed by atoms with Crippen molar-refractivity contribution < 1.29 is 9.47 Å². The van der Waals surface area contributed by atoms with Crippen LogP contribution in [0.4, 0.5) is 0 Å². The predicted octanol–water partition coefficient (Wildman–Crippen LogP) is 3.54. The molecule has 0 aromatic heterocycles. The molecule has 0 aliphatic rings. The molecule has 114 valence electrons. The molecule has 0 radical (unpaired) electrons. The molecule has 0 amide bonds. The highest BCUT2D eigenvalue weighted by Crippen LogP contribution is 2.09. The molecule has 3 nitrogen and oxygen atoms in total. The van der Waals surface area contributed by atoms with E-state index in [4.69, 9.17) is 9.47 Å². The van der Waals surface area contributed by atoms with Gasteiger partial charge in [-0.1, -0.05) is 25.8 Å². The molecule has 0 aromatic rings. The second-order valence-electron chi connectivity index (χ2n) is 4.97. The van der Waals surface area contributed by atoms with Crippen LogP contribution in [0, 0.1) is 0 Å². The molecule has 1 unspecified atom stereocenters. The Bertz CT molecular complexity index is 186. The van der Waals surface area contributed by atoms with Gasteiger partial charge in [0.1, 0.15) is 0 Å². The summed E-state index contributed by atoms with van der Waals surface area (Å²) in [6, 6.07) is 0.603. The number of hydrogen-bond acceptors (Lipinski definition) is 3. The van der Waals surface area contributed by atoms with Gasteiger partial charge in [0.15, 0.2) is 0 Å². The molecule has 0 saturated heterocycles. The van der Waals surface area contributed by atoms with Gasteiger partial charge < -0.3 is 14.8 Å². The van der Waals surface area contributed by atoms with Gasteiger partial charge in [0.25, 0.3) is 0 Å². The molecule has 0 aliphatic carbocycles. The van der Waals surface area contributed by atoms with Gasteiger partial charge >= 0.3 is 0 Å². The van der Waals surface area contributed by atoms with Crippen molar-refractivity contribution in [3.8, 4) is 0 Å². The van der Waals surface area contributed by atoms with E-state index in [1.54, 1.807) is 7.11 Å². The zero-order valence-corrected chi connectivity index (χ0v) is 13.0. The smallest absolute Gasteiger partial charge is 0.0700 e. The third kappa shape index (κ3) is 13.8. The lowest BCUT2D eigenvalue weighted by molar-refractivity contribution is 0.0653. The summed E-state index contributed by atoms with van der Waals surface area (Å²) in [6.45, 7) is 9.30. The van der Waals surface area contributed by atoms with E-state index in [-0.39, 0.29) is 0 Å². The molecule has 1 N–H and O–H groups in total. The predicted molar refractivity (Wildman–Crippen MR) is 82.7 cm³/mol. The van der Waals surface area contributed by atoms with Crippen LogP contribution in [-0.4, -0.2) is 39.5 Å². The molecular formula is C16H33NO2. The van der Waals surface area contributed by atoms with Crippen molar-refractivity contribution in [1.82, 2.24) is 5.32 Å². The number of rotatable bonds is 15. The molecule has 0 heterocycles. The van der Waals surface area contributed by atoms with Gasteiger partial charge in [0.05, 0.1) is 13.2 Å². The van der Waals surface area contributed by atoms with Gasteiger partial charge in [-0.25, -0.2) is 0 Å². The van der Waals surface area contributed by atoms with Gasteiger partial charge in [0, 0.05) is 19.8 Å². The Labute approximate surface area is 119 Å². The lowest BCUT2D eigenvalue weighted by Crippen LogP contribution is -2.31. The minimum Gasteiger partial charge on any atom is -0.382 e. The van der Waals surface area contributed by atoms with E-state index in [1.165, 1.54) is 32.1 Å². The Hall–Kier alpha value is -0.380. The van der Waals surface area contributed by atoms with Crippen LogP contribution >= 0.6 is 0 Å². The van der Waals surface area contributed by atoms with E-state index in [0.717, 1.165) is 26.0 Å². The van der Waals surface area contributed by atoms with Crippen LogP contribution in [0.5, 0.6) is 0 Å². The number of ether oxygens (including phenoxy) is 2. The van der Waals surface area contributed by atoms with Crippen molar-refractivity contribution >= 4 is 0 Å². The van der Waals surface area contributed by atoms with E-state index in [9.17, 15) is 0 Å². The molecule has 0 aromatic carbocycles. The zero-order valence-electron chi connectivity index (χ0n) is 13.0. The normalized spacial score (nSPS) is 12.5. The van der Waals surface area contributed by atoms with E-state index >= 15 is 0 Å². The van der Waals surface area contributed by atoms with Gasteiger partial charge in [-0.2, -0.15) is 0 Å². The largest absolute Gasteiger partial charge is 0.382 e. The Kier molecular flexibility index (Phi) is 15.4. The minimum absolute atomic E-state index is 0.603.